The van der Waals surface area contributed by atoms with Crippen LogP contribution in [-0.4, -0.2) is 126 Å². The third-order valence-electron chi connectivity index (χ3n) is 12.7. The van der Waals surface area contributed by atoms with Gasteiger partial charge in [0, 0.05) is 61.8 Å². The number of aliphatic hydroxyl groups excluding tert-OH is 1. The number of aryl methyl sites for hydroxylation is 1. The lowest BCUT2D eigenvalue weighted by Gasteiger charge is -2.44. The van der Waals surface area contributed by atoms with E-state index in [1.165, 1.54) is 22.8 Å². The third kappa shape index (κ3) is 13.7. The summed E-state index contributed by atoms with van der Waals surface area (Å²) in [5, 5.41) is 18.7. The van der Waals surface area contributed by atoms with Crippen LogP contribution in [0.25, 0.3) is 16.7 Å². The van der Waals surface area contributed by atoms with Crippen molar-refractivity contribution in [1.29, 1.82) is 0 Å². The zero-order chi connectivity index (χ0) is 52.5. The maximum Gasteiger partial charge on any atom is 0.490 e. The largest absolute Gasteiger partial charge is 0.748 e. The number of carbonyl (C=O) groups is 1. The van der Waals surface area contributed by atoms with Crippen LogP contribution in [0.1, 0.15) is 89.5 Å². The van der Waals surface area contributed by atoms with Crippen molar-refractivity contribution in [2.24, 2.45) is 4.99 Å². The first-order valence-corrected chi connectivity index (χ1v) is 29.7. The summed E-state index contributed by atoms with van der Waals surface area (Å²) in [5.74, 6) is 0.830. The van der Waals surface area contributed by atoms with Gasteiger partial charge in [-0.05, 0) is 64.2 Å². The Hall–Kier alpha value is -4.56. The number of aliphatic hydroxyl groups is 1. The highest BCUT2D eigenvalue weighted by Crippen LogP contribution is 2.66. The van der Waals surface area contributed by atoms with Crippen molar-refractivity contribution in [3.05, 3.63) is 64.8 Å². The predicted octanol–water partition coefficient (Wildman–Crippen LogP) is 3.43. The Bertz CT molecular complexity index is 3190. The molecule has 0 spiro atoms. The minimum Gasteiger partial charge on any atom is -0.748 e. The number of amides is 1. The van der Waals surface area contributed by atoms with E-state index in [0.717, 1.165) is 57.0 Å². The quantitative estimate of drug-likeness (QED) is 0.0213. The van der Waals surface area contributed by atoms with Gasteiger partial charge in [0.05, 0.1) is 46.5 Å². The number of hydrogen-bond acceptors (Lipinski definition) is 19. The molecule has 2 aromatic carbocycles. The number of rotatable bonds is 23. The zero-order valence-corrected chi connectivity index (χ0v) is 43.6. The van der Waals surface area contributed by atoms with Gasteiger partial charge in [-0.1, -0.05) is 18.9 Å². The van der Waals surface area contributed by atoms with Crippen LogP contribution in [0, 0.1) is 0 Å². The number of phosphoric ester groups is 1. The molecule has 4 aliphatic rings. The summed E-state index contributed by atoms with van der Waals surface area (Å²) in [6.45, 7) is 8.52. The molecule has 1 fully saturated rings. The molecule has 8 rings (SSSR count). The van der Waals surface area contributed by atoms with Crippen molar-refractivity contribution < 1.29 is 78.8 Å². The molecule has 5 atom stereocenters. The Morgan fingerprint density at radius 3 is 2.49 bits per heavy atom. The number of nitrogens with zero attached hydrogens (tertiary/aromatic N) is 7. The monoisotopic (exact) mass is 1100 g/mol. The number of hydrogen-bond donors (Lipinski definition) is 7. The summed E-state index contributed by atoms with van der Waals surface area (Å²) in [6, 6.07) is 7.75. The molecule has 0 saturated carbocycles. The van der Waals surface area contributed by atoms with E-state index in [2.05, 4.69) is 61.2 Å². The zero-order valence-electron chi connectivity index (χ0n) is 40.1. The summed E-state index contributed by atoms with van der Waals surface area (Å²) < 4.78 is 99.2. The molecule has 30 heteroatoms. The second-order valence-electron chi connectivity index (χ2n) is 18.5. The Labute approximate surface area is 419 Å². The average molecular weight is 1100 g/mol. The van der Waals surface area contributed by atoms with Gasteiger partial charge in [0.25, 0.3) is 0 Å². The molecule has 4 aromatic rings. The molecule has 0 aliphatic carbocycles. The summed E-state index contributed by atoms with van der Waals surface area (Å²) in [5.41, 5.74) is 3.46. The Kier molecular flexibility index (Phi) is 16.5. The second-order valence-corrected chi connectivity index (χ2v) is 24.3. The molecule has 2 aromatic heterocycles. The van der Waals surface area contributed by atoms with Crippen molar-refractivity contribution in [3.63, 3.8) is 0 Å². The molecule has 398 valence electrons. The topological polar surface area (TPSA) is 359 Å². The fraction of sp³-hybridized carbons (Fsp3) is 0.535. The van der Waals surface area contributed by atoms with Crippen LogP contribution in [0.15, 0.2) is 48.0 Å². The van der Waals surface area contributed by atoms with Crippen molar-refractivity contribution in [2.75, 3.05) is 55.3 Å². The summed E-state index contributed by atoms with van der Waals surface area (Å²) in [7, 11) is -21.3. The van der Waals surface area contributed by atoms with Crippen molar-refractivity contribution in [2.45, 2.75) is 103 Å². The number of unbranched alkanes of at least 4 members (excludes halogenated alkanes) is 3. The van der Waals surface area contributed by atoms with Crippen LogP contribution in [0.5, 0.6) is 11.5 Å². The van der Waals surface area contributed by atoms with Gasteiger partial charge in [-0.25, -0.2) is 46.6 Å². The number of carbonyl (C=O) groups excluding carboxylic acids is 1. The van der Waals surface area contributed by atoms with E-state index >= 15 is 0 Å². The Morgan fingerprint density at radius 1 is 0.986 bits per heavy atom. The molecule has 4 aliphatic heterocycles. The van der Waals surface area contributed by atoms with E-state index in [-0.39, 0.29) is 18.7 Å². The maximum atomic E-state index is 13.0. The summed E-state index contributed by atoms with van der Waals surface area (Å²) >= 11 is 0. The van der Waals surface area contributed by atoms with Crippen molar-refractivity contribution >= 4 is 73.4 Å². The fourth-order valence-corrected chi connectivity index (χ4v) is 13.1. The predicted molar refractivity (Wildman–Crippen MR) is 261 cm³/mol. The van der Waals surface area contributed by atoms with Gasteiger partial charge in [0.1, 0.15) is 42.8 Å². The van der Waals surface area contributed by atoms with Crippen molar-refractivity contribution in [1.82, 2.24) is 29.4 Å². The van der Waals surface area contributed by atoms with Crippen LogP contribution in [0.3, 0.4) is 0 Å². The highest BCUT2D eigenvalue weighted by Gasteiger charge is 2.43. The van der Waals surface area contributed by atoms with Gasteiger partial charge >= 0.3 is 23.5 Å². The summed E-state index contributed by atoms with van der Waals surface area (Å²) in [6.07, 6.45) is 7.07. The van der Waals surface area contributed by atoms with E-state index in [4.69, 9.17) is 24.3 Å². The van der Waals surface area contributed by atoms with Crippen LogP contribution in [0.4, 0.5) is 17.2 Å². The van der Waals surface area contributed by atoms with Gasteiger partial charge in [-0.15, -0.1) is 0 Å². The number of nitrogens with one attached hydrogen (secondary N) is 2. The molecule has 1 amide bonds. The smallest absolute Gasteiger partial charge is 0.490 e. The van der Waals surface area contributed by atoms with Crippen molar-refractivity contribution in [3.8, 4) is 11.5 Å². The van der Waals surface area contributed by atoms with E-state index in [1.807, 2.05) is 32.1 Å². The lowest BCUT2D eigenvalue weighted by atomic mass is 9.88. The standard InChI is InChI=1S/C43H58N9O17P3S/c1-4-50-15-9-11-27-17-30-35(19-32(27)50)66-36-20-33-29(18-31(36)49-30)28(24-73(62,63)64)22-43(2,3)52(33)16-10-12-38(54)44-13-7-5-6-8-14-45-41-40-42(47-25-46-41)51(26-48-40)39-21-34(53)37(67-39)23-65-71(58,59)69-72(60,61)68-70(55,56)57/h17-20,22,25-26,34,37,39,53H,4-16,21,23-24H2,1-3H3,(H6-,44,45,46,47,54,55,56,57,58,59,60,61,62,63,64)/t34-,37+,39+/m0/s1. The highest BCUT2D eigenvalue weighted by molar-refractivity contribution is 7.86. The van der Waals surface area contributed by atoms with E-state index in [0.29, 0.717) is 82.4 Å². The molecule has 0 radical (unpaired) electrons. The molecule has 1 saturated heterocycles. The number of anilines is 2. The van der Waals surface area contributed by atoms with Gasteiger partial charge in [-0.3, -0.25) is 13.9 Å². The number of imidazole rings is 1. The third-order valence-corrected chi connectivity index (χ3v) is 17.1. The fourth-order valence-electron chi connectivity index (χ4n) is 9.46. The Balaban J connectivity index is 0.784. The highest BCUT2D eigenvalue weighted by atomic mass is 32.2. The molecule has 73 heavy (non-hydrogen) atoms. The van der Waals surface area contributed by atoms with Gasteiger partial charge in [0.15, 0.2) is 28.5 Å². The first kappa shape index (κ1) is 54.7. The molecular weight excluding hydrogens is 1040 g/mol. The van der Waals surface area contributed by atoms with Crippen LogP contribution in [0.2, 0.25) is 0 Å². The van der Waals surface area contributed by atoms with Gasteiger partial charge in [-0.2, -0.15) is 8.62 Å². The minimum absolute atomic E-state index is 0.0407. The van der Waals surface area contributed by atoms with E-state index < -0.39 is 69.9 Å². The lowest BCUT2D eigenvalue weighted by molar-refractivity contribution is -0.121. The number of ether oxygens (including phenoxy) is 2. The lowest BCUT2D eigenvalue weighted by Crippen LogP contribution is -2.46. The molecular formula is C43H58N9O17P3S. The first-order valence-electron chi connectivity index (χ1n) is 23.6. The van der Waals surface area contributed by atoms with Gasteiger partial charge < -0.3 is 54.2 Å². The van der Waals surface area contributed by atoms with Gasteiger partial charge in [0.2, 0.25) is 11.3 Å². The molecule has 0 bridgehead atoms. The van der Waals surface area contributed by atoms with E-state index in [9.17, 15) is 46.4 Å². The number of aromatic nitrogens is 4. The second kappa shape index (κ2) is 22.0. The Morgan fingerprint density at radius 2 is 1.75 bits per heavy atom. The number of fused-ring (bicyclic) bond motifs is 5. The normalized spacial score (nSPS) is 20.9. The minimum atomic E-state index is -5.72. The maximum absolute atomic E-state index is 13.0. The van der Waals surface area contributed by atoms with E-state index in [1.54, 1.807) is 6.07 Å². The molecule has 7 N–H and O–H groups in total. The average Bonchev–Trinajstić information content (AvgIpc) is 3.89. The molecule has 6 heterocycles. The van der Waals surface area contributed by atoms with Crippen LogP contribution < -0.4 is 35.6 Å². The molecule has 26 nitrogen and oxygen atoms in total. The van der Waals surface area contributed by atoms with Crippen LogP contribution in [-0.2, 0) is 52.9 Å². The number of benzene rings is 2. The summed E-state index contributed by atoms with van der Waals surface area (Å²) in [4.78, 5) is 69.6. The number of phosphoric acid groups is 3. The van der Waals surface area contributed by atoms with Crippen LogP contribution >= 0.6 is 23.5 Å². The first-order chi connectivity index (χ1) is 34.4. The SMILES string of the molecule is CC[N+]1=c2cc3c(cc2CCC1)=Nc1cc2c(cc1O3)N(CCCC(=O)NCCCCCCNc1ncnc3c1ncn3[C@H]1C[C@H](O)[C@@H](COP(=O)(O)OP(=O)(O)OP(=O)(O)O)O1)C(C)(C)C=C2CS(=O)(=O)[O-]. The molecule has 2 unspecified atom stereocenters.